The molecule has 106 valence electrons. The fourth-order valence-corrected chi connectivity index (χ4v) is 1.83. The predicted octanol–water partition coefficient (Wildman–Crippen LogP) is 2.75. The highest BCUT2D eigenvalue weighted by molar-refractivity contribution is 6.32. The van der Waals surface area contributed by atoms with Gasteiger partial charge in [-0.05, 0) is 12.1 Å². The minimum atomic E-state index is -1.11. The van der Waals surface area contributed by atoms with Gasteiger partial charge in [-0.3, -0.25) is 0 Å². The van der Waals surface area contributed by atoms with Crippen LogP contribution in [-0.2, 0) is 18.0 Å². The number of nitrogens with zero attached hydrogens (tertiary/aromatic N) is 1. The van der Waals surface area contributed by atoms with E-state index in [2.05, 4.69) is 5.16 Å². The molecule has 0 spiro atoms. The number of halogens is 1. The predicted molar refractivity (Wildman–Crippen MR) is 70.0 cm³/mol. The van der Waals surface area contributed by atoms with Crippen molar-refractivity contribution >= 4 is 17.6 Å². The van der Waals surface area contributed by atoms with Gasteiger partial charge in [0, 0.05) is 13.2 Å². The molecule has 0 aliphatic carbocycles. The number of ether oxygens (including phenoxy) is 2. The van der Waals surface area contributed by atoms with Gasteiger partial charge in [0.2, 0.25) is 0 Å². The molecular formula is C13H12ClNO5. The van der Waals surface area contributed by atoms with Gasteiger partial charge in [-0.1, -0.05) is 22.8 Å². The average molecular weight is 298 g/mol. The monoisotopic (exact) mass is 297 g/mol. The first-order chi connectivity index (χ1) is 9.61. The van der Waals surface area contributed by atoms with E-state index < -0.39 is 5.97 Å². The summed E-state index contributed by atoms with van der Waals surface area (Å²) in [5, 5.41) is 13.1. The van der Waals surface area contributed by atoms with E-state index in [-0.39, 0.29) is 22.9 Å². The number of carbonyl (C=O) groups is 1. The number of aromatic nitrogens is 1. The van der Waals surface area contributed by atoms with Crippen molar-refractivity contribution in [3.05, 3.63) is 46.3 Å². The summed E-state index contributed by atoms with van der Waals surface area (Å²) in [6.07, 6.45) is 0. The standard InChI is InChI=1S/C13H12ClNO5/c1-18-7-9-5-8(15-20-9)6-19-12-10(13(16)17)3-2-4-11(12)14/h2-5H,6-7H2,1H3,(H,16,17). The quantitative estimate of drug-likeness (QED) is 0.883. The van der Waals surface area contributed by atoms with Crippen molar-refractivity contribution in [2.24, 2.45) is 0 Å². The Balaban J connectivity index is 2.12. The van der Waals surface area contributed by atoms with Gasteiger partial charge in [-0.25, -0.2) is 4.79 Å². The first kappa shape index (κ1) is 14.4. The van der Waals surface area contributed by atoms with Crippen LogP contribution in [0.3, 0.4) is 0 Å². The Bertz CT molecular complexity index is 611. The summed E-state index contributed by atoms with van der Waals surface area (Å²) in [7, 11) is 1.54. The number of methoxy groups -OCH3 is 1. The van der Waals surface area contributed by atoms with Gasteiger partial charge in [0.1, 0.15) is 24.5 Å². The molecule has 20 heavy (non-hydrogen) atoms. The van der Waals surface area contributed by atoms with Crippen molar-refractivity contribution in [1.29, 1.82) is 0 Å². The topological polar surface area (TPSA) is 81.8 Å². The molecule has 7 heteroatoms. The van der Waals surface area contributed by atoms with Crippen molar-refractivity contribution in [1.82, 2.24) is 5.16 Å². The SMILES string of the molecule is COCc1cc(COc2c(Cl)cccc2C(=O)O)no1. The Hall–Kier alpha value is -2.05. The van der Waals surface area contributed by atoms with Crippen LogP contribution in [-0.4, -0.2) is 23.3 Å². The number of para-hydroxylation sites is 1. The number of benzene rings is 1. The summed E-state index contributed by atoms with van der Waals surface area (Å²) in [5.41, 5.74) is 0.520. The summed E-state index contributed by atoms with van der Waals surface area (Å²) in [6.45, 7) is 0.358. The molecule has 0 saturated carbocycles. The molecule has 1 aromatic heterocycles. The molecule has 0 unspecified atom stereocenters. The van der Waals surface area contributed by atoms with E-state index in [9.17, 15) is 4.79 Å². The first-order valence-corrected chi connectivity index (χ1v) is 6.07. The fourth-order valence-electron chi connectivity index (χ4n) is 1.60. The van der Waals surface area contributed by atoms with Crippen LogP contribution in [0.4, 0.5) is 0 Å². The normalized spacial score (nSPS) is 10.5. The van der Waals surface area contributed by atoms with E-state index in [0.29, 0.717) is 18.1 Å². The zero-order valence-corrected chi connectivity index (χ0v) is 11.4. The average Bonchev–Trinajstić information content (AvgIpc) is 2.85. The van der Waals surface area contributed by atoms with Crippen LogP contribution in [0, 0.1) is 0 Å². The molecule has 1 N–H and O–H groups in total. The van der Waals surface area contributed by atoms with Gasteiger partial charge in [-0.15, -0.1) is 0 Å². The van der Waals surface area contributed by atoms with E-state index in [1.807, 2.05) is 0 Å². The number of hydrogen-bond acceptors (Lipinski definition) is 5. The number of carboxylic acid groups (broad SMARTS) is 1. The van der Waals surface area contributed by atoms with Gasteiger partial charge < -0.3 is 19.1 Å². The zero-order chi connectivity index (χ0) is 14.5. The summed E-state index contributed by atoms with van der Waals surface area (Å²) in [4.78, 5) is 11.1. The van der Waals surface area contributed by atoms with Crippen LogP contribution in [0.25, 0.3) is 0 Å². The largest absolute Gasteiger partial charge is 0.485 e. The molecule has 2 aromatic rings. The molecule has 0 amide bonds. The van der Waals surface area contributed by atoms with Gasteiger partial charge in [-0.2, -0.15) is 0 Å². The molecule has 0 bridgehead atoms. The second-order valence-corrected chi connectivity index (χ2v) is 4.34. The molecule has 0 radical (unpaired) electrons. The Kier molecular flexibility index (Phi) is 4.60. The van der Waals surface area contributed by atoms with Crippen LogP contribution in [0.15, 0.2) is 28.8 Å². The van der Waals surface area contributed by atoms with E-state index in [4.69, 9.17) is 30.7 Å². The van der Waals surface area contributed by atoms with Crippen molar-refractivity contribution in [2.75, 3.05) is 7.11 Å². The maximum absolute atomic E-state index is 11.1. The Labute approximate surface area is 119 Å². The maximum atomic E-state index is 11.1. The summed E-state index contributed by atoms with van der Waals surface area (Å²) >= 11 is 5.94. The smallest absolute Gasteiger partial charge is 0.339 e. The Morgan fingerprint density at radius 2 is 2.25 bits per heavy atom. The molecule has 0 atom stereocenters. The lowest BCUT2D eigenvalue weighted by Crippen LogP contribution is -2.04. The minimum Gasteiger partial charge on any atom is -0.485 e. The van der Waals surface area contributed by atoms with Crippen molar-refractivity contribution in [2.45, 2.75) is 13.2 Å². The first-order valence-electron chi connectivity index (χ1n) is 5.70. The lowest BCUT2D eigenvalue weighted by Gasteiger charge is -2.09. The third-order valence-corrected chi connectivity index (χ3v) is 2.75. The molecule has 6 nitrogen and oxygen atoms in total. The Morgan fingerprint density at radius 3 is 2.95 bits per heavy atom. The van der Waals surface area contributed by atoms with Gasteiger partial charge in [0.15, 0.2) is 11.5 Å². The molecule has 1 heterocycles. The van der Waals surface area contributed by atoms with E-state index in [1.165, 1.54) is 6.07 Å². The second-order valence-electron chi connectivity index (χ2n) is 3.93. The molecular weight excluding hydrogens is 286 g/mol. The van der Waals surface area contributed by atoms with Crippen molar-refractivity contribution < 1.29 is 23.9 Å². The van der Waals surface area contributed by atoms with Crippen LogP contribution < -0.4 is 4.74 Å². The van der Waals surface area contributed by atoms with Crippen molar-refractivity contribution in [3.63, 3.8) is 0 Å². The summed E-state index contributed by atoms with van der Waals surface area (Å²) in [6, 6.07) is 6.19. The third-order valence-electron chi connectivity index (χ3n) is 2.46. The number of rotatable bonds is 6. The van der Waals surface area contributed by atoms with Gasteiger partial charge >= 0.3 is 5.97 Å². The molecule has 1 aromatic carbocycles. The number of carboxylic acids is 1. The number of hydrogen-bond donors (Lipinski definition) is 1. The summed E-state index contributed by atoms with van der Waals surface area (Å²) in [5.74, 6) is -0.440. The van der Waals surface area contributed by atoms with Gasteiger partial charge in [0.25, 0.3) is 0 Å². The van der Waals surface area contributed by atoms with Gasteiger partial charge in [0.05, 0.1) is 5.02 Å². The van der Waals surface area contributed by atoms with Crippen LogP contribution >= 0.6 is 11.6 Å². The lowest BCUT2D eigenvalue weighted by atomic mass is 10.2. The molecule has 2 rings (SSSR count). The molecule has 0 aliphatic heterocycles. The van der Waals surface area contributed by atoms with Crippen LogP contribution in [0.5, 0.6) is 5.75 Å². The zero-order valence-electron chi connectivity index (χ0n) is 10.6. The van der Waals surface area contributed by atoms with E-state index >= 15 is 0 Å². The number of aromatic carboxylic acids is 1. The highest BCUT2D eigenvalue weighted by atomic mass is 35.5. The lowest BCUT2D eigenvalue weighted by molar-refractivity contribution is 0.0691. The molecule has 0 fully saturated rings. The highest BCUT2D eigenvalue weighted by Gasteiger charge is 2.15. The van der Waals surface area contributed by atoms with E-state index in [0.717, 1.165) is 0 Å². The third kappa shape index (κ3) is 3.28. The van der Waals surface area contributed by atoms with E-state index in [1.54, 1.807) is 25.3 Å². The second kappa shape index (κ2) is 6.40. The summed E-state index contributed by atoms with van der Waals surface area (Å²) < 4.78 is 15.3. The van der Waals surface area contributed by atoms with Crippen molar-refractivity contribution in [3.8, 4) is 5.75 Å². The highest BCUT2D eigenvalue weighted by Crippen LogP contribution is 2.29. The van der Waals surface area contributed by atoms with Crippen LogP contribution in [0.1, 0.15) is 21.8 Å². The Morgan fingerprint density at radius 1 is 1.45 bits per heavy atom. The fraction of sp³-hybridized carbons (Fsp3) is 0.231. The maximum Gasteiger partial charge on any atom is 0.339 e. The molecule has 0 aliphatic rings. The van der Waals surface area contributed by atoms with Crippen LogP contribution in [0.2, 0.25) is 5.02 Å². The molecule has 0 saturated heterocycles. The minimum absolute atomic E-state index is 0.00175.